The summed E-state index contributed by atoms with van der Waals surface area (Å²) < 4.78 is 13.1. The maximum atomic E-state index is 13.1. The van der Waals surface area contributed by atoms with Crippen molar-refractivity contribution in [2.24, 2.45) is 0 Å². The third kappa shape index (κ3) is 4.17. The molecule has 25 heavy (non-hydrogen) atoms. The molecule has 0 bridgehead atoms. The Morgan fingerprint density at radius 2 is 2.04 bits per heavy atom. The number of carbonyl (C=O) groups is 1. The zero-order valence-electron chi connectivity index (χ0n) is 14.3. The molecule has 2 unspecified atom stereocenters. The van der Waals surface area contributed by atoms with Crippen molar-refractivity contribution >= 4 is 11.7 Å². The molecular formula is C20H23FN2O2. The molecule has 1 aliphatic rings. The molecule has 0 heterocycles. The van der Waals surface area contributed by atoms with Crippen LogP contribution in [0.1, 0.15) is 42.5 Å². The normalized spacial score (nSPS) is 17.5. The lowest BCUT2D eigenvalue weighted by Gasteiger charge is -2.24. The quantitative estimate of drug-likeness (QED) is 0.788. The number of anilines is 1. The third-order valence-corrected chi connectivity index (χ3v) is 4.69. The van der Waals surface area contributed by atoms with Crippen LogP contribution in [0.2, 0.25) is 0 Å². The van der Waals surface area contributed by atoms with E-state index in [2.05, 4.69) is 10.6 Å². The zero-order chi connectivity index (χ0) is 17.8. The fourth-order valence-corrected chi connectivity index (χ4v) is 3.32. The number of hydrogen-bond acceptors (Lipinski definition) is 2. The predicted octanol–water partition coefficient (Wildman–Crippen LogP) is 3.95. The number of nitrogens with one attached hydrogen (secondary N) is 2. The molecule has 0 saturated heterocycles. The van der Waals surface area contributed by atoms with Crippen molar-refractivity contribution in [3.05, 3.63) is 65.0 Å². The SMILES string of the molecule is CCC(NC(=O)Nc1cccc2c1CC(O)CC2)c1ccc(F)cc1. The van der Waals surface area contributed by atoms with E-state index in [9.17, 15) is 14.3 Å². The minimum Gasteiger partial charge on any atom is -0.393 e. The van der Waals surface area contributed by atoms with Gasteiger partial charge in [0.05, 0.1) is 12.1 Å². The van der Waals surface area contributed by atoms with Crippen LogP contribution in [0.3, 0.4) is 0 Å². The molecule has 2 amide bonds. The summed E-state index contributed by atoms with van der Waals surface area (Å²) in [6, 6.07) is 11.5. The van der Waals surface area contributed by atoms with Crippen molar-refractivity contribution in [2.75, 3.05) is 5.32 Å². The van der Waals surface area contributed by atoms with E-state index in [0.717, 1.165) is 29.7 Å². The van der Waals surface area contributed by atoms with Crippen molar-refractivity contribution in [3.63, 3.8) is 0 Å². The number of aryl methyl sites for hydroxylation is 1. The Morgan fingerprint density at radius 1 is 1.28 bits per heavy atom. The zero-order valence-corrected chi connectivity index (χ0v) is 14.3. The maximum Gasteiger partial charge on any atom is 0.319 e. The van der Waals surface area contributed by atoms with E-state index in [0.29, 0.717) is 12.8 Å². The summed E-state index contributed by atoms with van der Waals surface area (Å²) in [6.07, 6.45) is 2.47. The van der Waals surface area contributed by atoms with E-state index >= 15 is 0 Å². The van der Waals surface area contributed by atoms with E-state index in [1.165, 1.54) is 17.7 Å². The van der Waals surface area contributed by atoms with Gasteiger partial charge in [0.25, 0.3) is 0 Å². The molecular weight excluding hydrogens is 319 g/mol. The third-order valence-electron chi connectivity index (χ3n) is 4.69. The summed E-state index contributed by atoms with van der Waals surface area (Å²) in [6.45, 7) is 1.97. The van der Waals surface area contributed by atoms with Crippen molar-refractivity contribution in [1.29, 1.82) is 0 Å². The van der Waals surface area contributed by atoms with E-state index in [1.807, 2.05) is 25.1 Å². The fourth-order valence-electron chi connectivity index (χ4n) is 3.32. The van der Waals surface area contributed by atoms with Gasteiger partial charge in [0.1, 0.15) is 5.82 Å². The first-order valence-electron chi connectivity index (χ1n) is 8.68. The van der Waals surface area contributed by atoms with Crippen LogP contribution in [0.25, 0.3) is 0 Å². The molecule has 2 aromatic rings. The lowest BCUT2D eigenvalue weighted by molar-refractivity contribution is 0.159. The molecule has 4 nitrogen and oxygen atoms in total. The van der Waals surface area contributed by atoms with Crippen LogP contribution in [-0.2, 0) is 12.8 Å². The summed E-state index contributed by atoms with van der Waals surface area (Å²) in [5.41, 5.74) is 3.78. The van der Waals surface area contributed by atoms with Crippen molar-refractivity contribution in [2.45, 2.75) is 44.8 Å². The number of aliphatic hydroxyl groups excluding tert-OH is 1. The number of aliphatic hydroxyl groups is 1. The van der Waals surface area contributed by atoms with Gasteiger partial charge < -0.3 is 15.7 Å². The van der Waals surface area contributed by atoms with Crippen molar-refractivity contribution in [1.82, 2.24) is 5.32 Å². The van der Waals surface area contributed by atoms with Crippen LogP contribution in [0.5, 0.6) is 0 Å². The molecule has 5 heteroatoms. The number of amides is 2. The number of hydrogen-bond donors (Lipinski definition) is 3. The van der Waals surface area contributed by atoms with Crippen LogP contribution in [0.4, 0.5) is 14.9 Å². The van der Waals surface area contributed by atoms with Gasteiger partial charge in [0.2, 0.25) is 0 Å². The van der Waals surface area contributed by atoms with Gasteiger partial charge in [0, 0.05) is 12.1 Å². The van der Waals surface area contributed by atoms with Gasteiger partial charge >= 0.3 is 6.03 Å². The highest BCUT2D eigenvalue weighted by Gasteiger charge is 2.20. The van der Waals surface area contributed by atoms with E-state index in [-0.39, 0.29) is 24.0 Å². The lowest BCUT2D eigenvalue weighted by atomic mass is 9.88. The van der Waals surface area contributed by atoms with E-state index in [4.69, 9.17) is 0 Å². The van der Waals surface area contributed by atoms with Gasteiger partial charge in [-0.1, -0.05) is 31.2 Å². The smallest absolute Gasteiger partial charge is 0.319 e. The summed E-state index contributed by atoms with van der Waals surface area (Å²) >= 11 is 0. The second kappa shape index (κ2) is 7.66. The van der Waals surface area contributed by atoms with Crippen molar-refractivity contribution < 1.29 is 14.3 Å². The molecule has 0 aromatic heterocycles. The number of rotatable bonds is 4. The first-order valence-corrected chi connectivity index (χ1v) is 8.68. The van der Waals surface area contributed by atoms with Gasteiger partial charge in [0.15, 0.2) is 0 Å². The Balaban J connectivity index is 1.71. The Morgan fingerprint density at radius 3 is 2.76 bits per heavy atom. The highest BCUT2D eigenvalue weighted by molar-refractivity contribution is 5.90. The van der Waals surface area contributed by atoms with Gasteiger partial charge in [-0.05, 0) is 54.2 Å². The molecule has 132 valence electrons. The number of benzene rings is 2. The molecule has 0 fully saturated rings. The van der Waals surface area contributed by atoms with Gasteiger partial charge in [-0.3, -0.25) is 0 Å². The summed E-state index contributed by atoms with van der Waals surface area (Å²) in [5.74, 6) is -0.294. The Hall–Kier alpha value is -2.40. The summed E-state index contributed by atoms with van der Waals surface area (Å²) in [7, 11) is 0. The van der Waals surface area contributed by atoms with Gasteiger partial charge in [-0.25, -0.2) is 9.18 Å². The van der Waals surface area contributed by atoms with E-state index in [1.54, 1.807) is 12.1 Å². The maximum absolute atomic E-state index is 13.1. The number of urea groups is 1. The van der Waals surface area contributed by atoms with Crippen LogP contribution < -0.4 is 10.6 Å². The molecule has 1 aliphatic carbocycles. The minimum atomic E-state index is -0.360. The monoisotopic (exact) mass is 342 g/mol. The van der Waals surface area contributed by atoms with Crippen molar-refractivity contribution in [3.8, 4) is 0 Å². The lowest BCUT2D eigenvalue weighted by Crippen LogP contribution is -2.33. The number of halogens is 1. The average Bonchev–Trinajstić information content (AvgIpc) is 2.61. The molecule has 3 N–H and O–H groups in total. The summed E-state index contributed by atoms with van der Waals surface area (Å²) in [5, 5.41) is 15.7. The average molecular weight is 342 g/mol. The summed E-state index contributed by atoms with van der Waals surface area (Å²) in [4.78, 5) is 12.4. The predicted molar refractivity (Wildman–Crippen MR) is 96.1 cm³/mol. The second-order valence-electron chi connectivity index (χ2n) is 6.45. The highest BCUT2D eigenvalue weighted by atomic mass is 19.1. The molecule has 0 radical (unpaired) electrons. The van der Waals surface area contributed by atoms with Crippen LogP contribution in [0.15, 0.2) is 42.5 Å². The highest BCUT2D eigenvalue weighted by Crippen LogP contribution is 2.28. The Kier molecular flexibility index (Phi) is 5.34. The first kappa shape index (κ1) is 17.4. The Labute approximate surface area is 147 Å². The van der Waals surface area contributed by atoms with Crippen LogP contribution in [-0.4, -0.2) is 17.2 Å². The molecule has 3 rings (SSSR count). The standard InChI is InChI=1S/C20H23FN2O2/c1-2-18(14-6-9-15(21)10-7-14)22-20(25)23-19-5-3-4-13-8-11-16(24)12-17(13)19/h3-7,9-10,16,18,24H,2,8,11-12H2,1H3,(H2,22,23,25). The molecule has 0 aliphatic heterocycles. The fraction of sp³-hybridized carbons (Fsp3) is 0.350. The first-order chi connectivity index (χ1) is 12.1. The Bertz CT molecular complexity index is 746. The van der Waals surface area contributed by atoms with Crippen LogP contribution >= 0.6 is 0 Å². The number of fused-ring (bicyclic) bond motifs is 1. The van der Waals surface area contributed by atoms with E-state index < -0.39 is 0 Å². The largest absolute Gasteiger partial charge is 0.393 e. The second-order valence-corrected chi connectivity index (χ2v) is 6.45. The number of carbonyl (C=O) groups excluding carboxylic acids is 1. The topological polar surface area (TPSA) is 61.4 Å². The molecule has 2 atom stereocenters. The molecule has 0 spiro atoms. The van der Waals surface area contributed by atoms with Crippen LogP contribution in [0, 0.1) is 5.82 Å². The van der Waals surface area contributed by atoms with Gasteiger partial charge in [-0.15, -0.1) is 0 Å². The molecule has 2 aromatic carbocycles. The minimum absolute atomic E-state index is 0.189. The molecule has 0 saturated carbocycles. The van der Waals surface area contributed by atoms with Gasteiger partial charge in [-0.2, -0.15) is 0 Å².